The van der Waals surface area contributed by atoms with Crippen molar-refractivity contribution in [1.82, 2.24) is 0 Å². The predicted octanol–water partition coefficient (Wildman–Crippen LogP) is 2.71. The minimum absolute atomic E-state index is 0.140. The quantitative estimate of drug-likeness (QED) is 0.631. The summed E-state index contributed by atoms with van der Waals surface area (Å²) < 4.78 is 10.1. The van der Waals surface area contributed by atoms with Crippen LogP contribution in [0.2, 0.25) is 5.02 Å². The van der Waals surface area contributed by atoms with E-state index in [1.807, 2.05) is 0 Å². The Balaban J connectivity index is 2.39. The highest BCUT2D eigenvalue weighted by Crippen LogP contribution is 2.41. The summed E-state index contributed by atoms with van der Waals surface area (Å²) in [5.74, 6) is -2.22. The molecule has 1 aromatic carbocycles. The number of benzene rings is 1. The van der Waals surface area contributed by atoms with Gasteiger partial charge in [0.2, 0.25) is 0 Å². The molecule has 1 heterocycles. The number of hydrogen-bond donors (Lipinski definition) is 0. The molecule has 0 radical (unpaired) electrons. The third kappa shape index (κ3) is 2.99. The van der Waals surface area contributed by atoms with Crippen molar-refractivity contribution in [3.8, 4) is 0 Å². The Kier molecular flexibility index (Phi) is 4.56. The van der Waals surface area contributed by atoms with Crippen molar-refractivity contribution in [3.05, 3.63) is 34.9 Å². The number of carbonyl (C=O) groups excluding carboxylic acids is 3. The number of carbonyl (C=O) groups is 3. The molecule has 0 amide bonds. The predicted molar refractivity (Wildman–Crippen MR) is 79.2 cm³/mol. The summed E-state index contributed by atoms with van der Waals surface area (Å²) in [5, 5.41) is 0.530. The molecule has 2 atom stereocenters. The number of ether oxygens (including phenoxy) is 2. The normalized spacial score (nSPS) is 23.8. The molecule has 118 valence electrons. The first kappa shape index (κ1) is 16.5. The number of Topliss-reactive ketones (excluding diaryl/α,β-unsaturated/α-hetero) is 1. The monoisotopic (exact) mass is 324 g/mol. The lowest BCUT2D eigenvalue weighted by Crippen LogP contribution is -2.48. The van der Waals surface area contributed by atoms with Crippen LogP contribution < -0.4 is 0 Å². The molecule has 1 aliphatic rings. The third-order valence-electron chi connectivity index (χ3n) is 3.88. The molecule has 0 bridgehead atoms. The van der Waals surface area contributed by atoms with E-state index in [1.54, 1.807) is 24.3 Å². The Hall–Kier alpha value is -1.88. The van der Waals surface area contributed by atoms with Crippen molar-refractivity contribution in [2.45, 2.75) is 26.4 Å². The summed E-state index contributed by atoms with van der Waals surface area (Å²) in [6.45, 7) is 3.00. The molecule has 1 aromatic rings. The Bertz CT molecular complexity index is 605. The largest absolute Gasteiger partial charge is 0.469 e. The van der Waals surface area contributed by atoms with Crippen LogP contribution in [-0.4, -0.2) is 24.8 Å². The minimum atomic E-state index is -1.28. The Morgan fingerprint density at radius 1 is 1.27 bits per heavy atom. The number of esters is 2. The van der Waals surface area contributed by atoms with Gasteiger partial charge in [0.05, 0.1) is 19.4 Å². The minimum Gasteiger partial charge on any atom is -0.469 e. The van der Waals surface area contributed by atoms with Gasteiger partial charge in [-0.15, -0.1) is 0 Å². The van der Waals surface area contributed by atoms with E-state index >= 15 is 0 Å². The van der Waals surface area contributed by atoms with E-state index in [1.165, 1.54) is 21.0 Å². The summed E-state index contributed by atoms with van der Waals surface area (Å²) in [6.07, 6.45) is -0.955. The van der Waals surface area contributed by atoms with Gasteiger partial charge in [-0.1, -0.05) is 23.7 Å². The maximum Gasteiger partial charge on any atom is 0.319 e. The summed E-state index contributed by atoms with van der Waals surface area (Å²) in [5.41, 5.74) is -0.655. The van der Waals surface area contributed by atoms with Gasteiger partial charge in [-0.2, -0.15) is 0 Å². The molecular weight excluding hydrogens is 308 g/mol. The number of hydrogen-bond acceptors (Lipinski definition) is 5. The fourth-order valence-corrected chi connectivity index (χ4v) is 2.59. The number of ketones is 1. The lowest BCUT2D eigenvalue weighted by atomic mass is 9.74. The standard InChI is InChI=1S/C16H17ClO5/c1-16(2)14(19)11(8-12(18)21-3)13(22-15(16)20)9-4-6-10(17)7-5-9/h4-7,11,13H,8H2,1-3H3. The zero-order valence-electron chi connectivity index (χ0n) is 12.6. The highest BCUT2D eigenvalue weighted by molar-refractivity contribution is 6.30. The highest BCUT2D eigenvalue weighted by atomic mass is 35.5. The molecule has 0 spiro atoms. The van der Waals surface area contributed by atoms with E-state index in [4.69, 9.17) is 16.3 Å². The molecule has 1 fully saturated rings. The Morgan fingerprint density at radius 2 is 1.86 bits per heavy atom. The first-order valence-electron chi connectivity index (χ1n) is 6.85. The maximum atomic E-state index is 12.6. The van der Waals surface area contributed by atoms with E-state index < -0.39 is 29.4 Å². The van der Waals surface area contributed by atoms with Crippen LogP contribution in [0.5, 0.6) is 0 Å². The molecule has 1 aliphatic heterocycles. The van der Waals surface area contributed by atoms with Crippen molar-refractivity contribution in [2.24, 2.45) is 11.3 Å². The van der Waals surface area contributed by atoms with Crippen LogP contribution >= 0.6 is 11.6 Å². The van der Waals surface area contributed by atoms with Crippen LogP contribution in [0.3, 0.4) is 0 Å². The van der Waals surface area contributed by atoms with E-state index in [9.17, 15) is 14.4 Å². The average Bonchev–Trinajstić information content (AvgIpc) is 2.49. The summed E-state index contributed by atoms with van der Waals surface area (Å²) >= 11 is 5.85. The molecule has 0 N–H and O–H groups in total. The molecule has 1 saturated heterocycles. The van der Waals surface area contributed by atoms with Crippen molar-refractivity contribution in [1.29, 1.82) is 0 Å². The first-order valence-corrected chi connectivity index (χ1v) is 7.23. The van der Waals surface area contributed by atoms with Crippen LogP contribution in [0.15, 0.2) is 24.3 Å². The molecular formula is C16H17ClO5. The first-order chi connectivity index (χ1) is 10.3. The van der Waals surface area contributed by atoms with Gasteiger partial charge >= 0.3 is 11.9 Å². The van der Waals surface area contributed by atoms with Crippen molar-refractivity contribution < 1.29 is 23.9 Å². The second-order valence-electron chi connectivity index (χ2n) is 5.75. The van der Waals surface area contributed by atoms with Crippen LogP contribution in [0, 0.1) is 11.3 Å². The van der Waals surface area contributed by atoms with E-state index in [2.05, 4.69) is 4.74 Å². The highest BCUT2D eigenvalue weighted by Gasteiger charge is 2.51. The molecule has 6 heteroatoms. The molecule has 2 rings (SSSR count). The van der Waals surface area contributed by atoms with E-state index in [0.29, 0.717) is 10.6 Å². The van der Waals surface area contributed by atoms with Gasteiger partial charge in [0.15, 0.2) is 5.78 Å². The third-order valence-corrected chi connectivity index (χ3v) is 4.13. The summed E-state index contributed by atoms with van der Waals surface area (Å²) in [4.78, 5) is 36.3. The van der Waals surface area contributed by atoms with Crippen molar-refractivity contribution in [2.75, 3.05) is 7.11 Å². The lowest BCUT2D eigenvalue weighted by molar-refractivity contribution is -0.181. The SMILES string of the molecule is COC(=O)CC1C(=O)C(C)(C)C(=O)OC1c1ccc(Cl)cc1. The fraction of sp³-hybridized carbons (Fsp3) is 0.438. The Morgan fingerprint density at radius 3 is 2.41 bits per heavy atom. The van der Waals surface area contributed by atoms with E-state index in [-0.39, 0.29) is 12.2 Å². The van der Waals surface area contributed by atoms with Crippen molar-refractivity contribution >= 4 is 29.3 Å². The van der Waals surface area contributed by atoms with Crippen LogP contribution in [0.25, 0.3) is 0 Å². The average molecular weight is 325 g/mol. The summed E-state index contributed by atoms with van der Waals surface area (Å²) in [7, 11) is 1.25. The van der Waals surface area contributed by atoms with Gasteiger partial charge < -0.3 is 9.47 Å². The maximum absolute atomic E-state index is 12.6. The van der Waals surface area contributed by atoms with Gasteiger partial charge in [-0.25, -0.2) is 0 Å². The Labute approximate surface area is 133 Å². The van der Waals surface area contributed by atoms with Crippen LogP contribution in [-0.2, 0) is 23.9 Å². The number of methoxy groups -OCH3 is 1. The van der Waals surface area contributed by atoms with Crippen LogP contribution in [0.1, 0.15) is 31.9 Å². The fourth-order valence-electron chi connectivity index (χ4n) is 2.46. The second kappa shape index (κ2) is 6.08. The number of rotatable bonds is 3. The van der Waals surface area contributed by atoms with E-state index in [0.717, 1.165) is 0 Å². The lowest BCUT2D eigenvalue weighted by Gasteiger charge is -2.37. The molecule has 2 unspecified atom stereocenters. The topological polar surface area (TPSA) is 69.7 Å². The van der Waals surface area contributed by atoms with Crippen LogP contribution in [0.4, 0.5) is 0 Å². The number of cyclic esters (lactones) is 1. The molecule has 0 aromatic heterocycles. The molecule has 0 aliphatic carbocycles. The van der Waals surface area contributed by atoms with Gasteiger partial charge in [-0.3, -0.25) is 14.4 Å². The number of halogens is 1. The van der Waals surface area contributed by atoms with Gasteiger partial charge in [0.25, 0.3) is 0 Å². The zero-order valence-corrected chi connectivity index (χ0v) is 13.3. The van der Waals surface area contributed by atoms with Gasteiger partial charge in [-0.05, 0) is 31.5 Å². The zero-order chi connectivity index (χ0) is 16.5. The smallest absolute Gasteiger partial charge is 0.319 e. The molecule has 0 saturated carbocycles. The van der Waals surface area contributed by atoms with Gasteiger partial charge in [0.1, 0.15) is 11.5 Å². The second-order valence-corrected chi connectivity index (χ2v) is 6.19. The van der Waals surface area contributed by atoms with Crippen molar-refractivity contribution in [3.63, 3.8) is 0 Å². The molecule has 22 heavy (non-hydrogen) atoms. The summed E-state index contributed by atoms with van der Waals surface area (Å²) in [6, 6.07) is 6.64. The van der Waals surface area contributed by atoms with Gasteiger partial charge in [0, 0.05) is 5.02 Å². The molecule has 5 nitrogen and oxygen atoms in total.